The van der Waals surface area contributed by atoms with E-state index in [-0.39, 0.29) is 31.0 Å². The first-order valence-corrected chi connectivity index (χ1v) is 14.9. The summed E-state index contributed by atoms with van der Waals surface area (Å²) in [5.74, 6) is -5.08. The fourth-order valence-electron chi connectivity index (χ4n) is 5.73. The maximum absolute atomic E-state index is 13.4. The second-order valence-corrected chi connectivity index (χ2v) is 11.3. The Bertz CT molecular complexity index is 1420. The molecule has 0 saturated carbocycles. The molecular weight excluding hydrogens is 624 g/mol. The summed E-state index contributed by atoms with van der Waals surface area (Å²) in [6.07, 6.45) is -7.44. The molecule has 1 aromatic rings. The molecule has 7 atom stereocenters. The van der Waals surface area contributed by atoms with Crippen molar-refractivity contribution >= 4 is 41.6 Å². The van der Waals surface area contributed by atoms with Crippen molar-refractivity contribution in [3.8, 4) is 0 Å². The van der Waals surface area contributed by atoms with E-state index in [1.807, 2.05) is 0 Å². The summed E-state index contributed by atoms with van der Waals surface area (Å²) in [6, 6.07) is 1.74. The van der Waals surface area contributed by atoms with E-state index in [0.717, 1.165) is 27.7 Å². The molecule has 15 heteroatoms. The lowest BCUT2D eigenvalue weighted by Crippen LogP contribution is -2.63. The van der Waals surface area contributed by atoms with Gasteiger partial charge < -0.3 is 37.9 Å². The molecule has 0 bridgehead atoms. The van der Waals surface area contributed by atoms with Crippen molar-refractivity contribution in [2.45, 2.75) is 105 Å². The highest BCUT2D eigenvalue weighted by atomic mass is 16.7. The third-order valence-corrected chi connectivity index (χ3v) is 7.52. The number of rotatable bonds is 12. The van der Waals surface area contributed by atoms with Crippen molar-refractivity contribution < 1.29 is 71.5 Å². The van der Waals surface area contributed by atoms with Crippen LogP contribution in [0.1, 0.15) is 87.2 Å². The van der Waals surface area contributed by atoms with Crippen LogP contribution in [0.25, 0.3) is 0 Å². The zero-order valence-corrected chi connectivity index (χ0v) is 27.6. The molecule has 2 aliphatic rings. The first-order chi connectivity index (χ1) is 22.0. The Balaban J connectivity index is 1.99. The minimum absolute atomic E-state index is 0.127. The number of benzene rings is 1. The van der Waals surface area contributed by atoms with Gasteiger partial charge in [0.25, 0.3) is 0 Å². The fourth-order valence-corrected chi connectivity index (χ4v) is 5.73. The van der Waals surface area contributed by atoms with E-state index >= 15 is 0 Å². The minimum atomic E-state index is -1.41. The summed E-state index contributed by atoms with van der Waals surface area (Å²) >= 11 is 0. The second kappa shape index (κ2) is 16.0. The van der Waals surface area contributed by atoms with Crippen LogP contribution < -0.4 is 0 Å². The number of fused-ring (bicyclic) bond motifs is 1. The molecule has 1 fully saturated rings. The molecule has 1 saturated heterocycles. The van der Waals surface area contributed by atoms with Gasteiger partial charge in [0, 0.05) is 58.2 Å². The lowest BCUT2D eigenvalue weighted by Gasteiger charge is -2.44. The number of hydrogen-bond acceptors (Lipinski definition) is 15. The van der Waals surface area contributed by atoms with Gasteiger partial charge in [-0.25, -0.2) is 0 Å². The van der Waals surface area contributed by atoms with Crippen LogP contribution in [-0.4, -0.2) is 85.5 Å². The maximum atomic E-state index is 13.4. The molecular formula is C32H40O15. The lowest BCUT2D eigenvalue weighted by atomic mass is 9.91. The number of hydrogen-bond donors (Lipinski definition) is 0. The number of aryl methyl sites for hydroxylation is 1. The van der Waals surface area contributed by atoms with Crippen LogP contribution in [0.5, 0.6) is 0 Å². The van der Waals surface area contributed by atoms with Gasteiger partial charge in [-0.2, -0.15) is 0 Å². The van der Waals surface area contributed by atoms with Crippen molar-refractivity contribution in [1.29, 1.82) is 0 Å². The number of Topliss-reactive ketones (excluding diaryl/α,β-unsaturated/α-hetero) is 1. The third-order valence-electron chi connectivity index (χ3n) is 7.52. The van der Waals surface area contributed by atoms with E-state index < -0.39 is 85.2 Å². The molecule has 0 amide bonds. The number of carbonyl (C=O) groups is 7. The summed E-state index contributed by atoms with van der Waals surface area (Å²) < 4.78 is 44.2. The van der Waals surface area contributed by atoms with Crippen LogP contribution in [0.3, 0.4) is 0 Å². The van der Waals surface area contributed by atoms with Crippen molar-refractivity contribution in [1.82, 2.24) is 0 Å². The van der Waals surface area contributed by atoms with Crippen LogP contribution in [-0.2, 0) is 79.7 Å². The quantitative estimate of drug-likeness (QED) is 0.233. The Labute approximate surface area is 271 Å². The number of ketones is 1. The standard InChI is InChI=1S/C32H40O15/c1-14-11-23-26(27(39)15(2)28(23)43-18(5)35)24(12-41-16(3)33)22(14)9-10-40-32-31(46-21(8)38)30(45-20(7)37)29(44-19(6)36)25(47-32)13-42-17(4)34/h11,15,25,28-32H,9-10,12-13H2,1-8H3/t15-,25+,28+,29+,30-,31+,32+/m0/s1. The monoisotopic (exact) mass is 664 g/mol. The Morgan fingerprint density at radius 3 is 1.83 bits per heavy atom. The molecule has 3 rings (SSSR count). The van der Waals surface area contributed by atoms with E-state index in [1.165, 1.54) is 13.8 Å². The van der Waals surface area contributed by atoms with Gasteiger partial charge >= 0.3 is 35.8 Å². The van der Waals surface area contributed by atoms with Crippen molar-refractivity contribution in [3.63, 3.8) is 0 Å². The summed E-state index contributed by atoms with van der Waals surface area (Å²) in [6.45, 7) is 9.62. The average Bonchev–Trinajstić information content (AvgIpc) is 3.17. The molecule has 1 aliphatic heterocycles. The molecule has 0 spiro atoms. The maximum Gasteiger partial charge on any atom is 0.303 e. The van der Waals surface area contributed by atoms with E-state index in [4.69, 9.17) is 37.9 Å². The SMILES string of the molecule is CC(=O)OCc1c(CCO[C@@H]2O[C@H](COC(C)=O)[C@@H](OC(C)=O)[C@H](OC(C)=O)[C@H]2OC(C)=O)c(C)cc2c1C(=O)[C@H](C)[C@H]2OC(C)=O. The zero-order chi connectivity index (χ0) is 35.2. The molecule has 0 radical (unpaired) electrons. The Hall–Kier alpha value is -4.37. The Kier molecular flexibility index (Phi) is 12.6. The Morgan fingerprint density at radius 1 is 0.723 bits per heavy atom. The topological polar surface area (TPSA) is 193 Å². The zero-order valence-electron chi connectivity index (χ0n) is 27.6. The first kappa shape index (κ1) is 37.1. The number of ether oxygens (including phenoxy) is 8. The molecule has 1 heterocycles. The van der Waals surface area contributed by atoms with E-state index in [2.05, 4.69) is 0 Å². The van der Waals surface area contributed by atoms with E-state index in [1.54, 1.807) is 19.9 Å². The molecule has 0 aromatic heterocycles. The van der Waals surface area contributed by atoms with Crippen LogP contribution in [0, 0.1) is 12.8 Å². The van der Waals surface area contributed by atoms with Crippen molar-refractivity contribution in [2.24, 2.45) is 5.92 Å². The van der Waals surface area contributed by atoms with Gasteiger partial charge in [-0.15, -0.1) is 0 Å². The van der Waals surface area contributed by atoms with Gasteiger partial charge in [-0.3, -0.25) is 33.6 Å². The normalized spacial score (nSPS) is 24.9. The first-order valence-electron chi connectivity index (χ1n) is 14.9. The van der Waals surface area contributed by atoms with Crippen molar-refractivity contribution in [3.05, 3.63) is 33.9 Å². The second-order valence-electron chi connectivity index (χ2n) is 11.3. The summed E-state index contributed by atoms with van der Waals surface area (Å²) in [5, 5.41) is 0. The van der Waals surface area contributed by atoms with Crippen LogP contribution in [0.15, 0.2) is 6.07 Å². The number of esters is 6. The highest BCUT2D eigenvalue weighted by molar-refractivity contribution is 6.04. The summed E-state index contributed by atoms with van der Waals surface area (Å²) in [5.41, 5.74) is 2.51. The average molecular weight is 665 g/mol. The summed E-state index contributed by atoms with van der Waals surface area (Å²) in [7, 11) is 0. The summed E-state index contributed by atoms with van der Waals surface area (Å²) in [4.78, 5) is 84.8. The van der Waals surface area contributed by atoms with Crippen LogP contribution in [0.2, 0.25) is 0 Å². The van der Waals surface area contributed by atoms with Crippen molar-refractivity contribution in [2.75, 3.05) is 13.2 Å². The molecule has 1 aliphatic carbocycles. The smallest absolute Gasteiger partial charge is 0.303 e. The predicted molar refractivity (Wildman–Crippen MR) is 156 cm³/mol. The van der Waals surface area contributed by atoms with Crippen LogP contribution in [0.4, 0.5) is 0 Å². The van der Waals surface area contributed by atoms with Gasteiger partial charge in [-0.1, -0.05) is 13.0 Å². The predicted octanol–water partition coefficient (Wildman–Crippen LogP) is 2.14. The fraction of sp³-hybridized carbons (Fsp3) is 0.594. The van der Waals surface area contributed by atoms with E-state index in [0.29, 0.717) is 22.3 Å². The third kappa shape index (κ3) is 9.35. The molecule has 15 nitrogen and oxygen atoms in total. The van der Waals surface area contributed by atoms with Gasteiger partial charge in [0.05, 0.1) is 12.5 Å². The van der Waals surface area contributed by atoms with Gasteiger partial charge in [-0.05, 0) is 24.5 Å². The highest BCUT2D eigenvalue weighted by Crippen LogP contribution is 2.43. The Morgan fingerprint density at radius 2 is 1.28 bits per heavy atom. The molecule has 1 aromatic carbocycles. The number of carbonyl (C=O) groups excluding carboxylic acids is 7. The lowest BCUT2D eigenvalue weighted by molar-refractivity contribution is -0.307. The van der Waals surface area contributed by atoms with Crippen LogP contribution >= 0.6 is 0 Å². The van der Waals surface area contributed by atoms with E-state index in [9.17, 15) is 33.6 Å². The molecule has 47 heavy (non-hydrogen) atoms. The molecule has 0 N–H and O–H groups in total. The highest BCUT2D eigenvalue weighted by Gasteiger charge is 2.53. The molecule has 258 valence electrons. The van der Waals surface area contributed by atoms with Gasteiger partial charge in [0.15, 0.2) is 30.4 Å². The van der Waals surface area contributed by atoms with Gasteiger partial charge in [0.1, 0.15) is 25.4 Å². The minimum Gasteiger partial charge on any atom is -0.463 e. The largest absolute Gasteiger partial charge is 0.463 e. The van der Waals surface area contributed by atoms with Gasteiger partial charge in [0.2, 0.25) is 0 Å². The molecule has 0 unspecified atom stereocenters.